The van der Waals surface area contributed by atoms with Gasteiger partial charge in [-0.25, -0.2) is 4.98 Å². The lowest BCUT2D eigenvalue weighted by Gasteiger charge is -2.24. The van der Waals surface area contributed by atoms with E-state index in [1.165, 1.54) is 11.3 Å². The number of aryl methyl sites for hydroxylation is 1. The van der Waals surface area contributed by atoms with Crippen LogP contribution in [-0.2, 0) is 0 Å². The zero-order valence-electron chi connectivity index (χ0n) is 13.9. The average Bonchev–Trinajstić information content (AvgIpc) is 2.89. The molecule has 1 fully saturated rings. The molecule has 1 saturated heterocycles. The van der Waals surface area contributed by atoms with Gasteiger partial charge in [-0.15, -0.1) is 11.3 Å². The molecule has 0 saturated carbocycles. The topological polar surface area (TPSA) is 56.7 Å². The first-order chi connectivity index (χ1) is 11.6. The molecule has 128 valence electrons. The van der Waals surface area contributed by atoms with Crippen LogP contribution in [0.2, 0.25) is 0 Å². The molecule has 2 aromatic rings. The molecule has 1 aliphatic rings. The fourth-order valence-electron chi connectivity index (χ4n) is 3.03. The first kappa shape index (κ1) is 17.1. The Morgan fingerprint density at radius 3 is 2.75 bits per heavy atom. The van der Waals surface area contributed by atoms with E-state index in [4.69, 9.17) is 0 Å². The summed E-state index contributed by atoms with van der Waals surface area (Å²) in [4.78, 5) is 21.7. The van der Waals surface area contributed by atoms with Gasteiger partial charge in [-0.05, 0) is 18.9 Å². The van der Waals surface area contributed by atoms with Crippen molar-refractivity contribution in [1.29, 1.82) is 0 Å². The monoisotopic (exact) mass is 345 g/mol. The number of β-amino-alcohol motifs (C(OH)–C–C–N with tert-alkyl or cyclic N) is 1. The summed E-state index contributed by atoms with van der Waals surface area (Å²) in [6, 6.07) is 9.74. The lowest BCUT2D eigenvalue weighted by molar-refractivity contribution is 0.0758. The van der Waals surface area contributed by atoms with E-state index in [1.807, 2.05) is 42.2 Å². The van der Waals surface area contributed by atoms with E-state index in [1.54, 1.807) is 5.51 Å². The summed E-state index contributed by atoms with van der Waals surface area (Å²) in [6.07, 6.45) is 0.433. The number of aliphatic hydroxyl groups is 1. The van der Waals surface area contributed by atoms with E-state index in [-0.39, 0.29) is 5.91 Å². The number of amides is 1. The Labute approximate surface area is 146 Å². The van der Waals surface area contributed by atoms with Gasteiger partial charge >= 0.3 is 0 Å². The Morgan fingerprint density at radius 2 is 2.04 bits per heavy atom. The fourth-order valence-corrected chi connectivity index (χ4v) is 3.80. The Bertz CT molecular complexity index is 674. The molecule has 24 heavy (non-hydrogen) atoms. The Kier molecular flexibility index (Phi) is 5.60. The van der Waals surface area contributed by atoms with E-state index in [2.05, 4.69) is 9.88 Å². The van der Waals surface area contributed by atoms with Crippen LogP contribution in [0.1, 0.15) is 33.5 Å². The van der Waals surface area contributed by atoms with Crippen molar-refractivity contribution in [3.05, 3.63) is 52.0 Å². The molecule has 1 aromatic heterocycles. The highest BCUT2D eigenvalue weighted by molar-refractivity contribution is 7.11. The van der Waals surface area contributed by atoms with Crippen molar-refractivity contribution in [3.63, 3.8) is 0 Å². The molecule has 1 atom stereocenters. The van der Waals surface area contributed by atoms with Crippen molar-refractivity contribution in [2.24, 2.45) is 0 Å². The first-order valence-electron chi connectivity index (χ1n) is 8.30. The molecule has 0 radical (unpaired) electrons. The molecule has 6 heteroatoms. The molecule has 1 N–H and O–H groups in total. The smallest absolute Gasteiger partial charge is 0.265 e. The maximum atomic E-state index is 12.6. The lowest BCUT2D eigenvalue weighted by Crippen LogP contribution is -2.36. The fraction of sp³-hybridized carbons (Fsp3) is 0.444. The number of aliphatic hydroxyl groups excluding tert-OH is 1. The molecular weight excluding hydrogens is 322 g/mol. The third kappa shape index (κ3) is 4.01. The summed E-state index contributed by atoms with van der Waals surface area (Å²) in [6.45, 7) is 5.62. The zero-order valence-corrected chi connectivity index (χ0v) is 14.7. The van der Waals surface area contributed by atoms with E-state index in [0.717, 1.165) is 42.2 Å². The summed E-state index contributed by atoms with van der Waals surface area (Å²) in [5.74, 6) is 0.0838. The number of hydrogen-bond donors (Lipinski definition) is 1. The van der Waals surface area contributed by atoms with Gasteiger partial charge in [0.2, 0.25) is 0 Å². The van der Waals surface area contributed by atoms with E-state index in [9.17, 15) is 9.90 Å². The van der Waals surface area contributed by atoms with Gasteiger partial charge in [-0.3, -0.25) is 9.69 Å². The minimum atomic E-state index is -0.489. The number of benzene rings is 1. The van der Waals surface area contributed by atoms with E-state index >= 15 is 0 Å². The highest BCUT2D eigenvalue weighted by atomic mass is 32.1. The van der Waals surface area contributed by atoms with E-state index in [0.29, 0.717) is 13.1 Å². The third-order valence-corrected chi connectivity index (χ3v) is 5.35. The van der Waals surface area contributed by atoms with E-state index < -0.39 is 6.10 Å². The maximum absolute atomic E-state index is 12.6. The van der Waals surface area contributed by atoms with Crippen molar-refractivity contribution in [2.75, 3.05) is 32.7 Å². The molecule has 1 aromatic carbocycles. The minimum Gasteiger partial charge on any atom is -0.387 e. The Hall–Kier alpha value is -1.76. The zero-order chi connectivity index (χ0) is 16.9. The van der Waals surface area contributed by atoms with Crippen LogP contribution >= 0.6 is 11.3 Å². The van der Waals surface area contributed by atoms with Gasteiger partial charge in [0.25, 0.3) is 5.91 Å². The van der Waals surface area contributed by atoms with Gasteiger partial charge in [0.15, 0.2) is 0 Å². The van der Waals surface area contributed by atoms with Gasteiger partial charge in [-0.1, -0.05) is 30.3 Å². The van der Waals surface area contributed by atoms with Crippen molar-refractivity contribution >= 4 is 17.2 Å². The van der Waals surface area contributed by atoms with Gasteiger partial charge in [-0.2, -0.15) is 0 Å². The number of carbonyl (C=O) groups excluding carboxylic acids is 1. The molecular formula is C18H23N3O2S. The van der Waals surface area contributed by atoms with Crippen LogP contribution < -0.4 is 0 Å². The largest absolute Gasteiger partial charge is 0.387 e. The number of aromatic nitrogens is 1. The number of thiazole rings is 1. The van der Waals surface area contributed by atoms with Crippen LogP contribution in [-0.4, -0.2) is 58.5 Å². The predicted octanol–water partition coefficient (Wildman–Crippen LogP) is 2.33. The van der Waals surface area contributed by atoms with Crippen molar-refractivity contribution < 1.29 is 9.90 Å². The van der Waals surface area contributed by atoms with Crippen LogP contribution in [0.15, 0.2) is 35.8 Å². The van der Waals surface area contributed by atoms with Gasteiger partial charge < -0.3 is 10.0 Å². The quantitative estimate of drug-likeness (QED) is 0.924. The summed E-state index contributed by atoms with van der Waals surface area (Å²) in [5.41, 5.74) is 3.48. The molecule has 5 nitrogen and oxygen atoms in total. The molecule has 1 unspecified atom stereocenters. The molecule has 1 aliphatic heterocycles. The Balaban J connectivity index is 1.57. The summed E-state index contributed by atoms with van der Waals surface area (Å²) in [7, 11) is 0. The molecule has 0 aliphatic carbocycles. The van der Waals surface area contributed by atoms with Crippen molar-refractivity contribution in [1.82, 2.24) is 14.8 Å². The van der Waals surface area contributed by atoms with Crippen LogP contribution in [0.25, 0.3) is 0 Å². The van der Waals surface area contributed by atoms with Crippen molar-refractivity contribution in [3.8, 4) is 0 Å². The maximum Gasteiger partial charge on any atom is 0.265 e. The number of rotatable bonds is 4. The molecule has 0 bridgehead atoms. The Morgan fingerprint density at radius 1 is 1.25 bits per heavy atom. The second kappa shape index (κ2) is 7.88. The van der Waals surface area contributed by atoms with Crippen LogP contribution in [0.4, 0.5) is 0 Å². The van der Waals surface area contributed by atoms with Crippen LogP contribution in [0, 0.1) is 6.92 Å². The minimum absolute atomic E-state index is 0.0838. The van der Waals surface area contributed by atoms with Gasteiger partial charge in [0.1, 0.15) is 4.88 Å². The molecule has 3 rings (SSSR count). The summed E-state index contributed by atoms with van der Waals surface area (Å²) >= 11 is 1.41. The normalized spacial score (nSPS) is 17.5. The van der Waals surface area contributed by atoms with Crippen molar-refractivity contribution in [2.45, 2.75) is 19.4 Å². The highest BCUT2D eigenvalue weighted by Gasteiger charge is 2.23. The number of hydrogen-bond acceptors (Lipinski definition) is 5. The molecule has 0 spiro atoms. The summed E-state index contributed by atoms with van der Waals surface area (Å²) < 4.78 is 0. The van der Waals surface area contributed by atoms with Gasteiger partial charge in [0, 0.05) is 32.7 Å². The van der Waals surface area contributed by atoms with Crippen LogP contribution in [0.3, 0.4) is 0 Å². The molecule has 1 amide bonds. The predicted molar refractivity (Wildman–Crippen MR) is 95.2 cm³/mol. The summed E-state index contributed by atoms with van der Waals surface area (Å²) in [5, 5.41) is 10.4. The van der Waals surface area contributed by atoms with Crippen LogP contribution in [0.5, 0.6) is 0 Å². The number of nitrogens with zero attached hydrogens (tertiary/aromatic N) is 3. The molecule has 2 heterocycles. The average molecular weight is 345 g/mol. The third-order valence-electron chi connectivity index (χ3n) is 4.43. The highest BCUT2D eigenvalue weighted by Crippen LogP contribution is 2.18. The second-order valence-electron chi connectivity index (χ2n) is 6.14. The lowest BCUT2D eigenvalue weighted by atomic mass is 10.1. The van der Waals surface area contributed by atoms with Gasteiger partial charge in [0.05, 0.1) is 17.3 Å². The second-order valence-corrected chi connectivity index (χ2v) is 6.99. The SMILES string of the molecule is Cc1ncsc1C(=O)N1CCCN(CC(O)c2ccccc2)CC1. The standard InChI is InChI=1S/C18H23N3O2S/c1-14-17(24-13-19-14)18(23)21-9-5-8-20(10-11-21)12-16(22)15-6-3-2-4-7-15/h2-4,6-7,13,16,22H,5,8-12H2,1H3. The first-order valence-corrected chi connectivity index (χ1v) is 9.18. The number of carbonyl (C=O) groups is 1.